The molecule has 0 atom stereocenters. The Balaban J connectivity index is 0.00000192. The van der Waals surface area contributed by atoms with Crippen molar-refractivity contribution in [3.63, 3.8) is 0 Å². The maximum absolute atomic E-state index is 3.48. The van der Waals surface area contributed by atoms with Gasteiger partial charge in [0.1, 0.15) is 0 Å². The maximum Gasteiger partial charge on any atom is 0.0508 e. The highest BCUT2D eigenvalue weighted by atomic mass is 35.5. The van der Waals surface area contributed by atoms with Crippen LogP contribution in [0.2, 0.25) is 0 Å². The molecule has 0 aliphatic carbocycles. The smallest absolute Gasteiger partial charge is 0.0508 e. The van der Waals surface area contributed by atoms with E-state index in [1.807, 2.05) is 11.8 Å². The molecule has 1 saturated heterocycles. The minimum atomic E-state index is 0. The van der Waals surface area contributed by atoms with Gasteiger partial charge in [-0.15, -0.1) is 12.4 Å². The third-order valence-electron chi connectivity index (χ3n) is 4.10. The molecule has 0 bridgehead atoms. The second-order valence-electron chi connectivity index (χ2n) is 5.93. The minimum Gasteiger partial charge on any atom is -0.369 e. The standard InChI is InChI=1S/C19H24N2S.ClH/c1-15-8-9-18(16(2)14-15)22-19-7-4-3-6-17(19)21-12-5-10-20-11-13-21;/h3-4,6-9,14,20H,5,10-13H2,1-2H3;1H. The molecule has 2 aromatic carbocycles. The minimum absolute atomic E-state index is 0. The van der Waals surface area contributed by atoms with E-state index in [0.29, 0.717) is 0 Å². The molecule has 1 aliphatic rings. The van der Waals surface area contributed by atoms with Crippen LogP contribution in [0.5, 0.6) is 0 Å². The average molecular weight is 349 g/mol. The Morgan fingerprint density at radius 1 is 0.957 bits per heavy atom. The van der Waals surface area contributed by atoms with Gasteiger partial charge < -0.3 is 10.2 Å². The van der Waals surface area contributed by atoms with Crippen LogP contribution in [0.4, 0.5) is 5.69 Å². The Labute approximate surface area is 150 Å². The van der Waals surface area contributed by atoms with Gasteiger partial charge >= 0.3 is 0 Å². The van der Waals surface area contributed by atoms with E-state index < -0.39 is 0 Å². The summed E-state index contributed by atoms with van der Waals surface area (Å²) in [5.41, 5.74) is 4.06. The van der Waals surface area contributed by atoms with Gasteiger partial charge in [0.2, 0.25) is 0 Å². The Kier molecular flexibility index (Phi) is 6.82. The zero-order valence-corrected chi connectivity index (χ0v) is 15.5. The fourth-order valence-electron chi connectivity index (χ4n) is 2.92. The van der Waals surface area contributed by atoms with Crippen molar-refractivity contribution < 1.29 is 0 Å². The van der Waals surface area contributed by atoms with Gasteiger partial charge in [0.15, 0.2) is 0 Å². The summed E-state index contributed by atoms with van der Waals surface area (Å²) in [4.78, 5) is 5.23. The van der Waals surface area contributed by atoms with Crippen LogP contribution in [0.15, 0.2) is 52.3 Å². The molecule has 0 saturated carbocycles. The highest BCUT2D eigenvalue weighted by Gasteiger charge is 2.14. The molecule has 1 aliphatic heterocycles. The number of halogens is 1. The van der Waals surface area contributed by atoms with Crippen molar-refractivity contribution in [3.8, 4) is 0 Å². The molecule has 3 rings (SSSR count). The summed E-state index contributed by atoms with van der Waals surface area (Å²) in [6.07, 6.45) is 1.21. The third kappa shape index (κ3) is 4.66. The molecule has 0 unspecified atom stereocenters. The number of rotatable bonds is 3. The Hall–Kier alpha value is -1.16. The van der Waals surface area contributed by atoms with Crippen LogP contribution in [-0.2, 0) is 0 Å². The number of nitrogens with zero attached hydrogens (tertiary/aromatic N) is 1. The van der Waals surface area contributed by atoms with E-state index in [-0.39, 0.29) is 12.4 Å². The van der Waals surface area contributed by atoms with Crippen molar-refractivity contribution in [1.29, 1.82) is 0 Å². The zero-order valence-electron chi connectivity index (χ0n) is 13.8. The van der Waals surface area contributed by atoms with E-state index in [1.54, 1.807) is 0 Å². The monoisotopic (exact) mass is 348 g/mol. The van der Waals surface area contributed by atoms with Gasteiger partial charge in [0.05, 0.1) is 5.69 Å². The summed E-state index contributed by atoms with van der Waals surface area (Å²) in [6, 6.07) is 15.5. The molecule has 23 heavy (non-hydrogen) atoms. The Morgan fingerprint density at radius 3 is 2.61 bits per heavy atom. The molecule has 124 valence electrons. The van der Waals surface area contributed by atoms with Crippen molar-refractivity contribution in [2.24, 2.45) is 0 Å². The molecular formula is C19H25ClN2S. The predicted octanol–water partition coefficient (Wildman–Crippen LogP) is 4.68. The number of aryl methyl sites for hydroxylation is 2. The summed E-state index contributed by atoms with van der Waals surface area (Å²) in [5.74, 6) is 0. The van der Waals surface area contributed by atoms with Crippen LogP contribution in [0.3, 0.4) is 0 Å². The van der Waals surface area contributed by atoms with E-state index in [4.69, 9.17) is 0 Å². The number of anilines is 1. The van der Waals surface area contributed by atoms with Gasteiger partial charge in [0.25, 0.3) is 0 Å². The molecule has 2 nitrogen and oxygen atoms in total. The predicted molar refractivity (Wildman–Crippen MR) is 103 cm³/mol. The number of para-hydroxylation sites is 1. The second-order valence-corrected chi connectivity index (χ2v) is 7.01. The van der Waals surface area contributed by atoms with Crippen molar-refractivity contribution in [1.82, 2.24) is 5.32 Å². The topological polar surface area (TPSA) is 15.3 Å². The highest BCUT2D eigenvalue weighted by Crippen LogP contribution is 2.37. The average Bonchev–Trinajstić information content (AvgIpc) is 2.80. The van der Waals surface area contributed by atoms with E-state index in [2.05, 4.69) is 66.5 Å². The van der Waals surface area contributed by atoms with Crippen LogP contribution in [0.1, 0.15) is 17.5 Å². The molecule has 0 spiro atoms. The SMILES string of the molecule is Cc1ccc(Sc2ccccc2N2CCCNCC2)c(C)c1.Cl. The largest absolute Gasteiger partial charge is 0.369 e. The van der Waals surface area contributed by atoms with Crippen LogP contribution in [0.25, 0.3) is 0 Å². The lowest BCUT2D eigenvalue weighted by Gasteiger charge is -2.25. The summed E-state index contributed by atoms with van der Waals surface area (Å²) in [5, 5.41) is 3.48. The number of hydrogen-bond donors (Lipinski definition) is 1. The molecule has 0 aromatic heterocycles. The number of nitrogens with one attached hydrogen (secondary N) is 1. The van der Waals surface area contributed by atoms with E-state index in [1.165, 1.54) is 33.0 Å². The second kappa shape index (κ2) is 8.62. The molecule has 0 radical (unpaired) electrons. The van der Waals surface area contributed by atoms with E-state index in [9.17, 15) is 0 Å². The lowest BCUT2D eigenvalue weighted by Crippen LogP contribution is -2.28. The van der Waals surface area contributed by atoms with Crippen LogP contribution in [-0.4, -0.2) is 26.2 Å². The summed E-state index contributed by atoms with van der Waals surface area (Å²) < 4.78 is 0. The zero-order chi connectivity index (χ0) is 15.4. The third-order valence-corrected chi connectivity index (χ3v) is 5.34. The quantitative estimate of drug-likeness (QED) is 0.867. The summed E-state index contributed by atoms with van der Waals surface area (Å²) in [7, 11) is 0. The number of benzene rings is 2. The van der Waals surface area contributed by atoms with E-state index in [0.717, 1.165) is 26.2 Å². The highest BCUT2D eigenvalue weighted by molar-refractivity contribution is 7.99. The lowest BCUT2D eigenvalue weighted by atomic mass is 10.2. The summed E-state index contributed by atoms with van der Waals surface area (Å²) >= 11 is 1.89. The fourth-order valence-corrected chi connectivity index (χ4v) is 3.96. The molecule has 2 aromatic rings. The van der Waals surface area contributed by atoms with Crippen LogP contribution < -0.4 is 10.2 Å². The van der Waals surface area contributed by atoms with Gasteiger partial charge in [-0.05, 0) is 50.6 Å². The normalized spacial score (nSPS) is 15.0. The lowest BCUT2D eigenvalue weighted by molar-refractivity contribution is 0.724. The van der Waals surface area contributed by atoms with E-state index >= 15 is 0 Å². The first-order chi connectivity index (χ1) is 10.7. The first-order valence-corrected chi connectivity index (χ1v) is 8.85. The van der Waals surface area contributed by atoms with Gasteiger partial charge in [-0.25, -0.2) is 0 Å². The van der Waals surface area contributed by atoms with Gasteiger partial charge in [-0.1, -0.05) is 41.6 Å². The molecule has 1 heterocycles. The van der Waals surface area contributed by atoms with Crippen molar-refractivity contribution in [3.05, 3.63) is 53.6 Å². The van der Waals surface area contributed by atoms with Crippen molar-refractivity contribution in [2.45, 2.75) is 30.1 Å². The first-order valence-electron chi connectivity index (χ1n) is 8.04. The van der Waals surface area contributed by atoms with Crippen molar-refractivity contribution >= 4 is 29.9 Å². The van der Waals surface area contributed by atoms with Gasteiger partial charge in [-0.3, -0.25) is 0 Å². The van der Waals surface area contributed by atoms with Crippen molar-refractivity contribution in [2.75, 3.05) is 31.1 Å². The maximum atomic E-state index is 3.48. The van der Waals surface area contributed by atoms with Gasteiger partial charge in [0, 0.05) is 29.4 Å². The number of hydrogen-bond acceptors (Lipinski definition) is 3. The molecule has 1 fully saturated rings. The first kappa shape index (κ1) is 18.2. The molecule has 0 amide bonds. The van der Waals surface area contributed by atoms with Crippen LogP contribution >= 0.6 is 24.2 Å². The Morgan fingerprint density at radius 2 is 1.78 bits per heavy atom. The Bertz CT molecular complexity index is 637. The molecule has 4 heteroatoms. The molecule has 1 N–H and O–H groups in total. The summed E-state index contributed by atoms with van der Waals surface area (Å²) in [6.45, 7) is 8.78. The van der Waals surface area contributed by atoms with Gasteiger partial charge in [-0.2, -0.15) is 0 Å². The molecular weight excluding hydrogens is 324 g/mol. The fraction of sp³-hybridized carbons (Fsp3) is 0.368. The van der Waals surface area contributed by atoms with Crippen LogP contribution in [0, 0.1) is 13.8 Å².